The number of ether oxygens (including phenoxy) is 2. The van der Waals surface area contributed by atoms with Gasteiger partial charge in [-0.15, -0.1) is 0 Å². The largest absolute Gasteiger partial charge is 0.444 e. The topological polar surface area (TPSA) is 108 Å². The Bertz CT molecular complexity index is 1300. The van der Waals surface area contributed by atoms with Gasteiger partial charge in [-0.25, -0.2) is 14.0 Å². The van der Waals surface area contributed by atoms with Gasteiger partial charge in [0, 0.05) is 45.1 Å². The lowest BCUT2D eigenvalue weighted by molar-refractivity contribution is -0.133. The van der Waals surface area contributed by atoms with Crippen LogP contribution in [0.1, 0.15) is 46.1 Å². The van der Waals surface area contributed by atoms with E-state index >= 15 is 4.39 Å². The zero-order valence-electron chi connectivity index (χ0n) is 24.7. The maximum absolute atomic E-state index is 15.1. The number of cyclic esters (lactones) is 1. The van der Waals surface area contributed by atoms with Gasteiger partial charge in [0.05, 0.1) is 18.8 Å². The highest BCUT2D eigenvalue weighted by Crippen LogP contribution is 2.29. The Morgan fingerprint density at radius 3 is 2.31 bits per heavy atom. The molecule has 2 aromatic carbocycles. The molecule has 2 aliphatic rings. The van der Waals surface area contributed by atoms with Gasteiger partial charge < -0.3 is 24.6 Å². The summed E-state index contributed by atoms with van der Waals surface area (Å²) < 4.78 is 25.7. The summed E-state index contributed by atoms with van der Waals surface area (Å²) in [5.41, 5.74) is 2.00. The number of carbonyl (C=O) groups is 4. The van der Waals surface area contributed by atoms with E-state index in [-0.39, 0.29) is 31.0 Å². The Hall–Kier alpha value is -4.15. The van der Waals surface area contributed by atoms with Crippen LogP contribution in [0.15, 0.2) is 42.5 Å². The highest BCUT2D eigenvalue weighted by atomic mass is 19.1. The smallest absolute Gasteiger partial charge is 0.414 e. The first kappa shape index (κ1) is 30.8. The quantitative estimate of drug-likeness (QED) is 0.496. The van der Waals surface area contributed by atoms with Gasteiger partial charge in [0.1, 0.15) is 17.5 Å². The Kier molecular flexibility index (Phi) is 9.70. The van der Waals surface area contributed by atoms with Crippen LogP contribution >= 0.6 is 0 Å². The summed E-state index contributed by atoms with van der Waals surface area (Å²) >= 11 is 0. The summed E-state index contributed by atoms with van der Waals surface area (Å²) in [5, 5.41) is 2.62. The fourth-order valence-corrected chi connectivity index (χ4v) is 4.92. The lowest BCUT2D eigenvalue weighted by Crippen LogP contribution is -2.51. The number of halogens is 1. The van der Waals surface area contributed by atoms with E-state index in [2.05, 4.69) is 5.32 Å². The number of nitrogens with zero attached hydrogens (tertiary/aromatic N) is 3. The highest BCUT2D eigenvalue weighted by Gasteiger charge is 2.33. The van der Waals surface area contributed by atoms with Gasteiger partial charge in [0.25, 0.3) is 0 Å². The van der Waals surface area contributed by atoms with Crippen molar-refractivity contribution in [3.05, 3.63) is 53.8 Å². The number of carbonyl (C=O) groups excluding carboxylic acids is 4. The van der Waals surface area contributed by atoms with Crippen LogP contribution in [0.3, 0.4) is 0 Å². The van der Waals surface area contributed by atoms with Gasteiger partial charge in [0.15, 0.2) is 0 Å². The van der Waals surface area contributed by atoms with Crippen molar-refractivity contribution in [3.63, 3.8) is 0 Å². The molecular formula is C31H39FN4O6. The fourth-order valence-electron chi connectivity index (χ4n) is 4.92. The second-order valence-electron chi connectivity index (χ2n) is 11.6. The van der Waals surface area contributed by atoms with Gasteiger partial charge in [-0.3, -0.25) is 14.5 Å². The number of hydrogen-bond donors (Lipinski definition) is 1. The molecule has 0 spiro atoms. The number of aryl methyl sites for hydroxylation is 1. The number of amides is 4. The molecule has 4 rings (SSSR count). The summed E-state index contributed by atoms with van der Waals surface area (Å²) in [6, 6.07) is 12.2. The molecule has 1 atom stereocenters. The molecule has 2 heterocycles. The van der Waals surface area contributed by atoms with Crippen LogP contribution in [-0.2, 0) is 25.5 Å². The van der Waals surface area contributed by atoms with Gasteiger partial charge in [0.2, 0.25) is 11.8 Å². The predicted octanol–water partition coefficient (Wildman–Crippen LogP) is 4.36. The molecule has 0 unspecified atom stereocenters. The van der Waals surface area contributed by atoms with E-state index < -0.39 is 23.6 Å². The number of piperazine rings is 1. The molecule has 2 aliphatic heterocycles. The van der Waals surface area contributed by atoms with Crippen molar-refractivity contribution >= 4 is 29.7 Å². The first-order valence-electron chi connectivity index (χ1n) is 14.3. The Balaban J connectivity index is 1.24. The Labute approximate surface area is 245 Å². The third-order valence-corrected chi connectivity index (χ3v) is 7.12. The van der Waals surface area contributed by atoms with Crippen molar-refractivity contribution < 1.29 is 33.0 Å². The van der Waals surface area contributed by atoms with E-state index in [0.717, 1.165) is 5.56 Å². The van der Waals surface area contributed by atoms with Crippen molar-refractivity contribution in [1.82, 2.24) is 15.1 Å². The average Bonchev–Trinajstić information content (AvgIpc) is 3.31. The molecule has 1 N–H and O–H groups in total. The standard InChI is InChI=1S/C31H39FN4O6/c1-21(37)33-19-25-20-36(30(40)41-25)24-12-13-26(27(32)18-24)23-10-8-22(9-11-23)6-5-7-28(38)34-14-16-35(17-15-34)29(39)42-31(2,3)4/h8-13,18,25H,5-7,14-17,19-20H2,1-4H3,(H,33,37)/t25-/m0/s1. The molecule has 11 heteroatoms. The Morgan fingerprint density at radius 2 is 1.69 bits per heavy atom. The summed E-state index contributed by atoms with van der Waals surface area (Å²) in [4.78, 5) is 53.1. The molecule has 10 nitrogen and oxygen atoms in total. The Morgan fingerprint density at radius 1 is 1.02 bits per heavy atom. The van der Waals surface area contributed by atoms with E-state index in [1.54, 1.807) is 21.9 Å². The number of anilines is 1. The van der Waals surface area contributed by atoms with Gasteiger partial charge >= 0.3 is 12.2 Å². The third-order valence-electron chi connectivity index (χ3n) is 7.12. The predicted molar refractivity (Wildman–Crippen MR) is 155 cm³/mol. The summed E-state index contributed by atoms with van der Waals surface area (Å²) in [6.07, 6.45) is 0.377. The molecule has 2 fully saturated rings. The normalized spacial score (nSPS) is 17.2. The summed E-state index contributed by atoms with van der Waals surface area (Å²) in [5.74, 6) is -0.608. The average molecular weight is 583 g/mol. The molecule has 0 saturated carbocycles. The molecule has 0 aromatic heterocycles. The molecule has 4 amide bonds. The maximum atomic E-state index is 15.1. The highest BCUT2D eigenvalue weighted by molar-refractivity contribution is 5.90. The monoisotopic (exact) mass is 582 g/mol. The van der Waals surface area contributed by atoms with Crippen LogP contribution in [0, 0.1) is 5.82 Å². The maximum Gasteiger partial charge on any atom is 0.414 e. The minimum atomic E-state index is -0.580. The van der Waals surface area contributed by atoms with Gasteiger partial charge in [-0.1, -0.05) is 24.3 Å². The zero-order chi connectivity index (χ0) is 30.4. The second kappa shape index (κ2) is 13.2. The number of rotatable bonds is 8. The lowest BCUT2D eigenvalue weighted by atomic mass is 10.0. The molecule has 0 bridgehead atoms. The molecular weight excluding hydrogens is 543 g/mol. The number of hydrogen-bond acceptors (Lipinski definition) is 6. The molecule has 42 heavy (non-hydrogen) atoms. The molecule has 2 saturated heterocycles. The van der Waals surface area contributed by atoms with Crippen LogP contribution in [-0.4, -0.2) is 84.8 Å². The van der Waals surface area contributed by atoms with Gasteiger partial charge in [-0.2, -0.15) is 0 Å². The minimum absolute atomic E-state index is 0.0703. The molecule has 0 aliphatic carbocycles. The van der Waals surface area contributed by atoms with Crippen LogP contribution in [0.25, 0.3) is 11.1 Å². The molecule has 226 valence electrons. The van der Waals surface area contributed by atoms with Gasteiger partial charge in [-0.05, 0) is 62.9 Å². The van der Waals surface area contributed by atoms with Crippen molar-refractivity contribution in [1.29, 1.82) is 0 Å². The van der Waals surface area contributed by atoms with E-state index in [1.165, 1.54) is 17.9 Å². The number of benzene rings is 2. The SMILES string of the molecule is CC(=O)NC[C@H]1CN(c2ccc(-c3ccc(CCCC(=O)N4CCN(C(=O)OC(C)(C)C)CC4)cc3)c(F)c2)C(=O)O1. The van der Waals surface area contributed by atoms with Crippen LogP contribution < -0.4 is 10.2 Å². The first-order valence-corrected chi connectivity index (χ1v) is 14.3. The fraction of sp³-hybridized carbons (Fsp3) is 0.484. The van der Waals surface area contributed by atoms with Crippen molar-refractivity contribution in [2.75, 3.05) is 44.2 Å². The van der Waals surface area contributed by atoms with E-state index in [9.17, 15) is 19.2 Å². The minimum Gasteiger partial charge on any atom is -0.444 e. The number of nitrogens with one attached hydrogen (secondary N) is 1. The summed E-state index contributed by atoms with van der Waals surface area (Å²) in [6.45, 7) is 9.20. The molecule has 0 radical (unpaired) electrons. The van der Waals surface area contributed by atoms with E-state index in [1.807, 2.05) is 45.0 Å². The van der Waals surface area contributed by atoms with Crippen LogP contribution in [0.4, 0.5) is 19.7 Å². The van der Waals surface area contributed by atoms with Crippen molar-refractivity contribution in [2.45, 2.75) is 58.7 Å². The summed E-state index contributed by atoms with van der Waals surface area (Å²) in [7, 11) is 0. The first-order chi connectivity index (χ1) is 19.9. The van der Waals surface area contributed by atoms with Crippen LogP contribution in [0.5, 0.6) is 0 Å². The lowest BCUT2D eigenvalue weighted by Gasteiger charge is -2.35. The van der Waals surface area contributed by atoms with Crippen LogP contribution in [0.2, 0.25) is 0 Å². The van der Waals surface area contributed by atoms with Crippen molar-refractivity contribution in [3.8, 4) is 11.1 Å². The van der Waals surface area contributed by atoms with E-state index in [4.69, 9.17) is 9.47 Å². The van der Waals surface area contributed by atoms with Crippen molar-refractivity contribution in [2.24, 2.45) is 0 Å². The van der Waals surface area contributed by atoms with E-state index in [0.29, 0.717) is 62.3 Å². The second-order valence-corrected chi connectivity index (χ2v) is 11.6. The third kappa shape index (κ3) is 8.20. The zero-order valence-corrected chi connectivity index (χ0v) is 24.7. The molecule has 2 aromatic rings.